The van der Waals surface area contributed by atoms with Crippen LogP contribution in [0.2, 0.25) is 0 Å². The van der Waals surface area contributed by atoms with Crippen LogP contribution >= 0.6 is 11.3 Å². The van der Waals surface area contributed by atoms with E-state index in [2.05, 4.69) is 38.5 Å². The van der Waals surface area contributed by atoms with Crippen molar-refractivity contribution in [2.24, 2.45) is 0 Å². The van der Waals surface area contributed by atoms with Crippen molar-refractivity contribution in [3.8, 4) is 0 Å². The van der Waals surface area contributed by atoms with Crippen LogP contribution in [0.4, 0.5) is 16.2 Å². The summed E-state index contributed by atoms with van der Waals surface area (Å²) in [6, 6.07) is 10.3. The lowest BCUT2D eigenvalue weighted by Crippen LogP contribution is -2.39. The Bertz CT molecular complexity index is 1330. The first kappa shape index (κ1) is 20.5. The highest BCUT2D eigenvalue weighted by Crippen LogP contribution is 2.31. The van der Waals surface area contributed by atoms with Crippen LogP contribution in [0.5, 0.6) is 0 Å². The monoisotopic (exact) mass is 447 g/mol. The molecule has 1 aromatic carbocycles. The Kier molecular flexibility index (Phi) is 5.09. The van der Waals surface area contributed by atoms with Gasteiger partial charge in [-0.05, 0) is 63.1 Å². The van der Waals surface area contributed by atoms with Gasteiger partial charge in [-0.3, -0.25) is 0 Å². The fourth-order valence-corrected chi connectivity index (χ4v) is 4.52. The summed E-state index contributed by atoms with van der Waals surface area (Å²) in [7, 11) is 0. The van der Waals surface area contributed by atoms with Crippen molar-refractivity contribution in [3.63, 3.8) is 0 Å². The largest absolute Gasteiger partial charge is 0.444 e. The Labute approximate surface area is 190 Å². The SMILES string of the molecule is CC(C)(C)OC(=O)N1CC=C(c2cc3c(Nc4ccc5ncsc5c4)ccnc3[nH]2)CC1. The van der Waals surface area contributed by atoms with Gasteiger partial charge in [-0.15, -0.1) is 11.3 Å². The number of nitrogens with zero attached hydrogens (tertiary/aromatic N) is 3. The van der Waals surface area contributed by atoms with Crippen LogP contribution in [0.15, 0.2) is 48.1 Å². The predicted molar refractivity (Wildman–Crippen MR) is 129 cm³/mol. The van der Waals surface area contributed by atoms with Crippen LogP contribution in [0.25, 0.3) is 26.8 Å². The van der Waals surface area contributed by atoms with Crippen molar-refractivity contribution in [1.82, 2.24) is 19.9 Å². The van der Waals surface area contributed by atoms with E-state index in [4.69, 9.17) is 4.74 Å². The second-order valence-electron chi connectivity index (χ2n) is 8.87. The summed E-state index contributed by atoms with van der Waals surface area (Å²) in [5.41, 5.74) is 7.43. The molecular weight excluding hydrogens is 422 g/mol. The number of benzene rings is 1. The molecule has 5 rings (SSSR count). The molecule has 0 spiro atoms. The molecule has 0 fully saturated rings. The minimum atomic E-state index is -0.488. The Morgan fingerprint density at radius 3 is 2.88 bits per heavy atom. The van der Waals surface area contributed by atoms with E-state index in [1.165, 1.54) is 5.57 Å². The number of fused-ring (bicyclic) bond motifs is 2. The zero-order chi connectivity index (χ0) is 22.3. The number of amides is 1. The maximum atomic E-state index is 12.3. The summed E-state index contributed by atoms with van der Waals surface area (Å²) in [5, 5.41) is 4.55. The number of nitrogens with one attached hydrogen (secondary N) is 2. The van der Waals surface area contributed by atoms with Gasteiger partial charge in [-0.1, -0.05) is 6.08 Å². The fraction of sp³-hybridized carbons (Fsp3) is 0.292. The van der Waals surface area contributed by atoms with E-state index in [-0.39, 0.29) is 6.09 Å². The van der Waals surface area contributed by atoms with Gasteiger partial charge < -0.3 is 19.9 Å². The van der Waals surface area contributed by atoms with Crippen molar-refractivity contribution >= 4 is 55.6 Å². The number of hydrogen-bond donors (Lipinski definition) is 2. The summed E-state index contributed by atoms with van der Waals surface area (Å²) < 4.78 is 6.64. The molecular formula is C24H25N5O2S. The van der Waals surface area contributed by atoms with Gasteiger partial charge in [0.1, 0.15) is 11.2 Å². The molecule has 0 saturated heterocycles. The summed E-state index contributed by atoms with van der Waals surface area (Å²) in [4.78, 5) is 26.3. The van der Waals surface area contributed by atoms with E-state index in [1.54, 1.807) is 22.4 Å². The quantitative estimate of drug-likeness (QED) is 0.406. The number of carbonyl (C=O) groups excluding carboxylic acids is 1. The third kappa shape index (κ3) is 4.18. The Balaban J connectivity index is 1.37. The third-order valence-corrected chi connectivity index (χ3v) is 6.14. The molecule has 0 unspecified atom stereocenters. The fourth-order valence-electron chi connectivity index (χ4n) is 3.80. The van der Waals surface area contributed by atoms with Crippen LogP contribution in [0.1, 0.15) is 32.9 Å². The molecule has 0 atom stereocenters. The van der Waals surface area contributed by atoms with E-state index < -0.39 is 5.60 Å². The molecule has 0 radical (unpaired) electrons. The van der Waals surface area contributed by atoms with Crippen molar-refractivity contribution in [3.05, 3.63) is 53.8 Å². The van der Waals surface area contributed by atoms with Gasteiger partial charge in [0.05, 0.1) is 21.4 Å². The first-order valence-corrected chi connectivity index (χ1v) is 11.5. The number of aromatic amines is 1. The number of carbonyl (C=O) groups is 1. The third-order valence-electron chi connectivity index (χ3n) is 5.35. The smallest absolute Gasteiger partial charge is 0.410 e. The summed E-state index contributed by atoms with van der Waals surface area (Å²) in [6.07, 6.45) is 4.38. The Morgan fingerprint density at radius 2 is 2.09 bits per heavy atom. The van der Waals surface area contributed by atoms with Crippen LogP contribution in [-0.4, -0.2) is 44.6 Å². The number of ether oxygens (including phenoxy) is 1. The zero-order valence-electron chi connectivity index (χ0n) is 18.3. The number of aromatic nitrogens is 3. The van der Waals surface area contributed by atoms with E-state index in [1.807, 2.05) is 44.5 Å². The molecule has 7 nitrogen and oxygen atoms in total. The van der Waals surface area contributed by atoms with E-state index in [9.17, 15) is 4.79 Å². The minimum absolute atomic E-state index is 0.268. The topological polar surface area (TPSA) is 83.1 Å². The van der Waals surface area contributed by atoms with Crippen molar-refractivity contribution in [2.75, 3.05) is 18.4 Å². The summed E-state index contributed by atoms with van der Waals surface area (Å²) in [5.74, 6) is 0. The van der Waals surface area contributed by atoms with E-state index in [0.29, 0.717) is 13.1 Å². The zero-order valence-corrected chi connectivity index (χ0v) is 19.1. The average molecular weight is 448 g/mol. The molecule has 0 aliphatic carbocycles. The lowest BCUT2D eigenvalue weighted by Gasteiger charge is -2.29. The van der Waals surface area contributed by atoms with Crippen molar-refractivity contribution in [1.29, 1.82) is 0 Å². The Hall–Kier alpha value is -3.39. The van der Waals surface area contributed by atoms with Gasteiger partial charge in [-0.25, -0.2) is 14.8 Å². The summed E-state index contributed by atoms with van der Waals surface area (Å²) >= 11 is 1.63. The maximum Gasteiger partial charge on any atom is 0.410 e. The highest BCUT2D eigenvalue weighted by Gasteiger charge is 2.24. The standard InChI is InChI=1S/C24H25N5O2S/c1-24(2,3)31-23(30)29-10-7-15(8-11-29)20-13-17-18(6-9-25-22(17)28-20)27-16-4-5-19-21(12-16)32-14-26-19/h4-7,9,12-14H,8,10-11H2,1-3H3,(H2,25,27,28). The first-order valence-electron chi connectivity index (χ1n) is 10.6. The van der Waals surface area contributed by atoms with Crippen LogP contribution in [-0.2, 0) is 4.74 Å². The summed E-state index contributed by atoms with van der Waals surface area (Å²) in [6.45, 7) is 6.81. The van der Waals surface area contributed by atoms with Gasteiger partial charge in [0.2, 0.25) is 0 Å². The second kappa shape index (κ2) is 7.94. The molecule has 4 aromatic rings. The van der Waals surface area contributed by atoms with Gasteiger partial charge >= 0.3 is 6.09 Å². The van der Waals surface area contributed by atoms with Crippen molar-refractivity contribution < 1.29 is 9.53 Å². The van der Waals surface area contributed by atoms with Crippen molar-refractivity contribution in [2.45, 2.75) is 32.8 Å². The molecule has 0 bridgehead atoms. The molecule has 1 aliphatic rings. The number of pyridine rings is 1. The Morgan fingerprint density at radius 1 is 1.22 bits per heavy atom. The number of anilines is 2. The average Bonchev–Trinajstić information content (AvgIpc) is 3.40. The molecule has 164 valence electrons. The number of rotatable bonds is 3. The van der Waals surface area contributed by atoms with Gasteiger partial charge in [0.25, 0.3) is 0 Å². The van der Waals surface area contributed by atoms with Gasteiger partial charge in [-0.2, -0.15) is 0 Å². The molecule has 3 aromatic heterocycles. The number of thiazole rings is 1. The minimum Gasteiger partial charge on any atom is -0.444 e. The normalized spacial score (nSPS) is 14.6. The lowest BCUT2D eigenvalue weighted by molar-refractivity contribution is 0.0270. The first-order chi connectivity index (χ1) is 15.4. The highest BCUT2D eigenvalue weighted by molar-refractivity contribution is 7.16. The molecule has 8 heteroatoms. The molecule has 2 N–H and O–H groups in total. The molecule has 1 amide bonds. The highest BCUT2D eigenvalue weighted by atomic mass is 32.1. The molecule has 1 aliphatic heterocycles. The predicted octanol–water partition coefficient (Wildman–Crippen LogP) is 5.94. The second-order valence-corrected chi connectivity index (χ2v) is 9.76. The van der Waals surface area contributed by atoms with Crippen LogP contribution in [0, 0.1) is 0 Å². The van der Waals surface area contributed by atoms with E-state index in [0.717, 1.165) is 44.7 Å². The number of H-pyrrole nitrogens is 1. The van der Waals surface area contributed by atoms with E-state index >= 15 is 0 Å². The molecule has 0 saturated carbocycles. The number of hydrogen-bond acceptors (Lipinski definition) is 6. The van der Waals surface area contributed by atoms with Gasteiger partial charge in [0.15, 0.2) is 0 Å². The van der Waals surface area contributed by atoms with Gasteiger partial charge in [0, 0.05) is 36.1 Å². The van der Waals surface area contributed by atoms with Crippen LogP contribution < -0.4 is 5.32 Å². The van der Waals surface area contributed by atoms with Crippen LogP contribution in [0.3, 0.4) is 0 Å². The molecule has 32 heavy (non-hydrogen) atoms. The molecule has 4 heterocycles. The lowest BCUT2D eigenvalue weighted by atomic mass is 10.0. The maximum absolute atomic E-state index is 12.3.